The summed E-state index contributed by atoms with van der Waals surface area (Å²) in [6, 6.07) is 14.0. The molecule has 27 heavy (non-hydrogen) atoms. The molecular formula is C20H27N5OS. The number of ether oxygens (including phenoxy) is 1. The fourth-order valence-corrected chi connectivity index (χ4v) is 2.58. The number of aromatic nitrogens is 1. The third-order valence-electron chi connectivity index (χ3n) is 3.88. The fourth-order valence-electron chi connectivity index (χ4n) is 2.49. The summed E-state index contributed by atoms with van der Waals surface area (Å²) in [5.41, 5.74) is 9.01. The van der Waals surface area contributed by atoms with E-state index in [0.717, 1.165) is 24.1 Å². The van der Waals surface area contributed by atoms with Crippen LogP contribution < -0.4 is 16.4 Å². The highest BCUT2D eigenvalue weighted by Gasteiger charge is 2.07. The molecular weight excluding hydrogens is 358 g/mol. The lowest BCUT2D eigenvalue weighted by atomic mass is 10.1. The van der Waals surface area contributed by atoms with E-state index in [1.165, 1.54) is 5.56 Å². The Bertz CT molecular complexity index is 751. The Hall–Kier alpha value is -2.51. The van der Waals surface area contributed by atoms with Crippen LogP contribution in [0.3, 0.4) is 0 Å². The molecule has 2 aromatic rings. The number of thiocarbonyl (C=S) groups is 1. The number of hydrogen-bond donors (Lipinski definition) is 3. The van der Waals surface area contributed by atoms with Crippen LogP contribution in [0.25, 0.3) is 0 Å². The Morgan fingerprint density at radius 1 is 1.26 bits per heavy atom. The number of nitrogens with zero attached hydrogens (tertiary/aromatic N) is 2. The van der Waals surface area contributed by atoms with E-state index in [1.54, 1.807) is 0 Å². The molecule has 144 valence electrons. The van der Waals surface area contributed by atoms with Crippen molar-refractivity contribution in [2.24, 2.45) is 10.7 Å². The second-order valence-electron chi connectivity index (χ2n) is 6.17. The minimum Gasteiger partial charge on any atom is -0.376 e. The van der Waals surface area contributed by atoms with Gasteiger partial charge < -0.3 is 21.1 Å². The fraction of sp³-hybridized carbons (Fsp3) is 0.350. The summed E-state index contributed by atoms with van der Waals surface area (Å²) >= 11 is 4.93. The number of benzene rings is 1. The zero-order valence-corrected chi connectivity index (χ0v) is 16.6. The zero-order chi connectivity index (χ0) is 19.5. The summed E-state index contributed by atoms with van der Waals surface area (Å²) in [6.45, 7) is 5.11. The van der Waals surface area contributed by atoms with Gasteiger partial charge in [-0.25, -0.2) is 0 Å². The highest BCUT2D eigenvalue weighted by atomic mass is 32.1. The smallest absolute Gasteiger partial charge is 0.199 e. The van der Waals surface area contributed by atoms with Gasteiger partial charge in [-0.3, -0.25) is 9.98 Å². The number of hydrogen-bond acceptors (Lipinski definition) is 4. The Morgan fingerprint density at radius 3 is 2.74 bits per heavy atom. The number of pyridine rings is 1. The highest BCUT2D eigenvalue weighted by Crippen LogP contribution is 2.06. The number of aliphatic imine (C=N–C) groups is 1. The van der Waals surface area contributed by atoms with Gasteiger partial charge in [-0.05, 0) is 56.1 Å². The van der Waals surface area contributed by atoms with Crippen LogP contribution in [0, 0.1) is 6.92 Å². The van der Waals surface area contributed by atoms with Crippen molar-refractivity contribution < 1.29 is 4.74 Å². The van der Waals surface area contributed by atoms with E-state index >= 15 is 0 Å². The third-order valence-corrected chi connectivity index (χ3v) is 3.99. The first-order valence-electron chi connectivity index (χ1n) is 8.98. The molecule has 0 aliphatic heterocycles. The Morgan fingerprint density at radius 2 is 2.04 bits per heavy atom. The van der Waals surface area contributed by atoms with Gasteiger partial charge in [0.25, 0.3) is 0 Å². The molecule has 0 radical (unpaired) electrons. The molecule has 0 aliphatic carbocycles. The van der Waals surface area contributed by atoms with Gasteiger partial charge >= 0.3 is 0 Å². The first kappa shape index (κ1) is 20.8. The van der Waals surface area contributed by atoms with Gasteiger partial charge in [-0.1, -0.05) is 36.4 Å². The molecule has 1 atom stereocenters. The summed E-state index contributed by atoms with van der Waals surface area (Å²) in [5.74, 6) is 0.515. The van der Waals surface area contributed by atoms with Gasteiger partial charge in [-0.15, -0.1) is 0 Å². The Balaban J connectivity index is 1.82. The van der Waals surface area contributed by atoms with Gasteiger partial charge in [0.2, 0.25) is 0 Å². The molecule has 6 nitrogen and oxygen atoms in total. The van der Waals surface area contributed by atoms with Crippen LogP contribution in [0.2, 0.25) is 0 Å². The molecule has 0 fully saturated rings. The average molecular weight is 386 g/mol. The summed E-state index contributed by atoms with van der Waals surface area (Å²) in [7, 11) is 0. The monoisotopic (exact) mass is 385 g/mol. The number of nitrogens with two attached hydrogens (primary N) is 1. The van der Waals surface area contributed by atoms with Crippen LogP contribution in [-0.4, -0.2) is 28.8 Å². The molecule has 0 saturated carbocycles. The predicted octanol–water partition coefficient (Wildman–Crippen LogP) is 2.66. The molecule has 0 saturated heterocycles. The predicted molar refractivity (Wildman–Crippen MR) is 113 cm³/mol. The van der Waals surface area contributed by atoms with Gasteiger partial charge in [-0.2, -0.15) is 0 Å². The molecule has 0 aliphatic rings. The van der Waals surface area contributed by atoms with Crippen LogP contribution >= 0.6 is 12.2 Å². The van der Waals surface area contributed by atoms with Crippen molar-refractivity contribution in [3.8, 4) is 0 Å². The van der Waals surface area contributed by atoms with Crippen LogP contribution in [0.5, 0.6) is 0 Å². The minimum absolute atomic E-state index is 0.164. The third kappa shape index (κ3) is 8.15. The zero-order valence-electron chi connectivity index (χ0n) is 15.8. The SMILES string of the molecule is Cc1cccnc1CCCN=C(NC(N)=S)NC(C)OCc1ccccc1. The van der Waals surface area contributed by atoms with E-state index in [0.29, 0.717) is 19.1 Å². The first-order chi connectivity index (χ1) is 13.0. The summed E-state index contributed by atoms with van der Waals surface area (Å²) in [6.07, 6.45) is 3.32. The van der Waals surface area contributed by atoms with Gasteiger partial charge in [0.05, 0.1) is 6.61 Å². The number of aryl methyl sites for hydroxylation is 2. The molecule has 4 N–H and O–H groups in total. The van der Waals surface area contributed by atoms with E-state index in [9.17, 15) is 0 Å². The van der Waals surface area contributed by atoms with Gasteiger partial charge in [0, 0.05) is 18.4 Å². The quantitative estimate of drug-likeness (QED) is 0.213. The molecule has 7 heteroatoms. The van der Waals surface area contributed by atoms with Crippen LogP contribution in [0.4, 0.5) is 0 Å². The molecule has 2 rings (SSSR count). The van der Waals surface area contributed by atoms with E-state index in [2.05, 4.69) is 33.6 Å². The van der Waals surface area contributed by atoms with Crippen molar-refractivity contribution >= 4 is 23.3 Å². The van der Waals surface area contributed by atoms with Crippen molar-refractivity contribution in [2.75, 3.05) is 6.54 Å². The van der Waals surface area contributed by atoms with Crippen molar-refractivity contribution in [3.63, 3.8) is 0 Å². The summed E-state index contributed by atoms with van der Waals surface area (Å²) < 4.78 is 5.81. The molecule has 1 unspecified atom stereocenters. The summed E-state index contributed by atoms with van der Waals surface area (Å²) in [4.78, 5) is 8.93. The molecule has 1 aromatic heterocycles. The standard InChI is InChI=1S/C20H27N5OS/c1-15-8-6-12-22-18(15)11-7-13-23-20(25-19(21)27)24-16(2)26-14-17-9-4-3-5-10-17/h3-6,8-10,12,16H,7,11,13-14H2,1-2H3,(H4,21,23,24,25,27). The van der Waals surface area contributed by atoms with Crippen LogP contribution in [-0.2, 0) is 17.8 Å². The molecule has 0 spiro atoms. The van der Waals surface area contributed by atoms with Crippen molar-refractivity contribution in [2.45, 2.75) is 39.5 Å². The molecule has 1 heterocycles. The van der Waals surface area contributed by atoms with E-state index in [-0.39, 0.29) is 11.3 Å². The van der Waals surface area contributed by atoms with E-state index in [1.807, 2.05) is 49.5 Å². The number of nitrogens with one attached hydrogen (secondary N) is 2. The summed E-state index contributed by atoms with van der Waals surface area (Å²) in [5, 5.41) is 6.20. The maximum atomic E-state index is 5.81. The Kier molecular flexibility index (Phi) is 8.67. The van der Waals surface area contributed by atoms with Crippen molar-refractivity contribution in [3.05, 3.63) is 65.5 Å². The van der Waals surface area contributed by atoms with E-state index < -0.39 is 0 Å². The van der Waals surface area contributed by atoms with Crippen LogP contribution in [0.1, 0.15) is 30.2 Å². The number of guanidine groups is 1. The average Bonchev–Trinajstić information content (AvgIpc) is 2.65. The lowest BCUT2D eigenvalue weighted by Gasteiger charge is -2.18. The molecule has 0 bridgehead atoms. The van der Waals surface area contributed by atoms with Crippen molar-refractivity contribution in [1.29, 1.82) is 0 Å². The van der Waals surface area contributed by atoms with Crippen LogP contribution in [0.15, 0.2) is 53.7 Å². The normalized spacial score (nSPS) is 12.4. The Labute approximate surface area is 166 Å². The first-order valence-corrected chi connectivity index (χ1v) is 9.39. The second kappa shape index (κ2) is 11.3. The van der Waals surface area contributed by atoms with Gasteiger partial charge in [0.1, 0.15) is 6.23 Å². The molecule has 1 aromatic carbocycles. The topological polar surface area (TPSA) is 84.6 Å². The molecule has 0 amide bonds. The largest absolute Gasteiger partial charge is 0.376 e. The lowest BCUT2D eigenvalue weighted by molar-refractivity contribution is 0.0431. The maximum Gasteiger partial charge on any atom is 0.199 e. The van der Waals surface area contributed by atoms with Crippen molar-refractivity contribution in [1.82, 2.24) is 15.6 Å². The van der Waals surface area contributed by atoms with Gasteiger partial charge in [0.15, 0.2) is 11.1 Å². The maximum absolute atomic E-state index is 5.81. The second-order valence-corrected chi connectivity index (χ2v) is 6.61. The highest BCUT2D eigenvalue weighted by molar-refractivity contribution is 7.80. The van der Waals surface area contributed by atoms with E-state index in [4.69, 9.17) is 22.7 Å². The minimum atomic E-state index is -0.246. The lowest BCUT2D eigenvalue weighted by Crippen LogP contribution is -2.47. The number of rotatable bonds is 8.